The van der Waals surface area contributed by atoms with Crippen LogP contribution in [0.1, 0.15) is 11.3 Å². The Balaban J connectivity index is 1.81. The van der Waals surface area contributed by atoms with Gasteiger partial charge in [-0.3, -0.25) is 9.98 Å². The SMILES string of the molecule is Cc1cc(-c2cccnc2)c(C2=NCCN2)c2nc(-c3cccc(Cl)c3)nn12. The number of pyridine rings is 2. The molecule has 0 unspecified atom stereocenters. The van der Waals surface area contributed by atoms with Crippen LogP contribution in [0.25, 0.3) is 28.2 Å². The van der Waals surface area contributed by atoms with Crippen LogP contribution in [0.15, 0.2) is 59.9 Å². The van der Waals surface area contributed by atoms with E-state index in [0.29, 0.717) is 10.8 Å². The molecule has 4 heterocycles. The van der Waals surface area contributed by atoms with Gasteiger partial charge in [-0.1, -0.05) is 29.8 Å². The number of nitrogens with one attached hydrogen (secondary N) is 1. The van der Waals surface area contributed by atoms with Gasteiger partial charge in [0, 0.05) is 40.8 Å². The third-order valence-electron chi connectivity index (χ3n) is 4.75. The molecule has 0 atom stereocenters. The van der Waals surface area contributed by atoms with Crippen LogP contribution in [-0.4, -0.2) is 38.5 Å². The van der Waals surface area contributed by atoms with Crippen LogP contribution in [0.3, 0.4) is 0 Å². The lowest BCUT2D eigenvalue weighted by Crippen LogP contribution is -2.21. The highest BCUT2D eigenvalue weighted by Gasteiger charge is 2.22. The number of aliphatic imine (C=N–C) groups is 1. The Kier molecular flexibility index (Phi) is 4.06. The summed E-state index contributed by atoms with van der Waals surface area (Å²) in [6.07, 6.45) is 3.63. The molecule has 1 aromatic carbocycles. The predicted octanol–water partition coefficient (Wildman–Crippen LogP) is 3.77. The van der Waals surface area contributed by atoms with Gasteiger partial charge in [-0.15, -0.1) is 5.10 Å². The Morgan fingerprint density at radius 1 is 1.11 bits per heavy atom. The molecule has 1 N–H and O–H groups in total. The highest BCUT2D eigenvalue weighted by atomic mass is 35.5. The molecule has 5 rings (SSSR count). The zero-order chi connectivity index (χ0) is 19.1. The monoisotopic (exact) mass is 388 g/mol. The maximum Gasteiger partial charge on any atom is 0.182 e. The van der Waals surface area contributed by atoms with Gasteiger partial charge < -0.3 is 5.32 Å². The minimum atomic E-state index is 0.633. The number of halogens is 1. The normalized spacial score (nSPS) is 13.6. The smallest absolute Gasteiger partial charge is 0.182 e. The number of aryl methyl sites for hydroxylation is 1. The molecule has 0 radical (unpaired) electrons. The van der Waals surface area contributed by atoms with E-state index in [9.17, 15) is 0 Å². The third kappa shape index (κ3) is 2.82. The number of amidine groups is 1. The second-order valence-electron chi connectivity index (χ2n) is 6.65. The Morgan fingerprint density at radius 3 is 2.75 bits per heavy atom. The van der Waals surface area contributed by atoms with Crippen LogP contribution in [0.4, 0.5) is 0 Å². The first-order valence-corrected chi connectivity index (χ1v) is 9.44. The summed E-state index contributed by atoms with van der Waals surface area (Å²) in [6, 6.07) is 13.7. The number of hydrogen-bond acceptors (Lipinski definition) is 5. The van der Waals surface area contributed by atoms with E-state index in [2.05, 4.69) is 21.4 Å². The van der Waals surface area contributed by atoms with Crippen LogP contribution in [0.2, 0.25) is 5.02 Å². The fourth-order valence-corrected chi connectivity index (χ4v) is 3.67. The van der Waals surface area contributed by atoms with Gasteiger partial charge in [0.25, 0.3) is 0 Å². The average molecular weight is 389 g/mol. The molecule has 7 heteroatoms. The number of benzene rings is 1. The molecule has 0 amide bonds. The summed E-state index contributed by atoms with van der Waals surface area (Å²) >= 11 is 6.17. The van der Waals surface area contributed by atoms with Crippen LogP contribution < -0.4 is 5.32 Å². The van der Waals surface area contributed by atoms with Gasteiger partial charge in [0.15, 0.2) is 11.5 Å². The first kappa shape index (κ1) is 16.9. The fraction of sp³-hybridized carbons (Fsp3) is 0.143. The average Bonchev–Trinajstić information content (AvgIpc) is 3.39. The predicted molar refractivity (Wildman–Crippen MR) is 111 cm³/mol. The Bertz CT molecular complexity index is 1210. The minimum Gasteiger partial charge on any atom is -0.368 e. The van der Waals surface area contributed by atoms with Crippen molar-refractivity contribution >= 4 is 23.1 Å². The van der Waals surface area contributed by atoms with Crippen LogP contribution in [0, 0.1) is 6.92 Å². The summed E-state index contributed by atoms with van der Waals surface area (Å²) in [5.74, 6) is 1.47. The van der Waals surface area contributed by atoms with Crippen LogP contribution >= 0.6 is 11.6 Å². The van der Waals surface area contributed by atoms with Crippen molar-refractivity contribution in [1.82, 2.24) is 24.9 Å². The van der Waals surface area contributed by atoms with E-state index in [-0.39, 0.29) is 0 Å². The quantitative estimate of drug-likeness (QED) is 0.580. The van der Waals surface area contributed by atoms with Gasteiger partial charge in [0.05, 0.1) is 12.1 Å². The van der Waals surface area contributed by atoms with Crippen molar-refractivity contribution in [1.29, 1.82) is 0 Å². The van der Waals surface area contributed by atoms with E-state index in [4.69, 9.17) is 21.7 Å². The second kappa shape index (κ2) is 6.73. The van der Waals surface area contributed by atoms with Crippen LogP contribution in [-0.2, 0) is 0 Å². The molecule has 3 aromatic heterocycles. The molecule has 1 aliphatic heterocycles. The molecule has 6 nitrogen and oxygen atoms in total. The highest BCUT2D eigenvalue weighted by Crippen LogP contribution is 2.30. The van der Waals surface area contributed by atoms with Gasteiger partial charge in [-0.2, -0.15) is 0 Å². The Hall–Kier alpha value is -3.25. The molecule has 28 heavy (non-hydrogen) atoms. The Morgan fingerprint density at radius 2 is 2.00 bits per heavy atom. The van der Waals surface area contributed by atoms with Gasteiger partial charge in [0.2, 0.25) is 0 Å². The summed E-state index contributed by atoms with van der Waals surface area (Å²) in [6.45, 7) is 3.59. The van der Waals surface area contributed by atoms with Crippen molar-refractivity contribution in [3.63, 3.8) is 0 Å². The van der Waals surface area contributed by atoms with Crippen molar-refractivity contribution in [2.45, 2.75) is 6.92 Å². The van der Waals surface area contributed by atoms with E-state index in [0.717, 1.165) is 52.5 Å². The van der Waals surface area contributed by atoms with E-state index in [1.807, 2.05) is 54.0 Å². The fourth-order valence-electron chi connectivity index (χ4n) is 3.48. The number of nitrogens with zero attached hydrogens (tertiary/aromatic N) is 5. The summed E-state index contributed by atoms with van der Waals surface area (Å²) < 4.78 is 1.87. The molecular formula is C21H17ClN6. The summed E-state index contributed by atoms with van der Waals surface area (Å²) in [4.78, 5) is 13.8. The van der Waals surface area contributed by atoms with Gasteiger partial charge >= 0.3 is 0 Å². The molecule has 0 spiro atoms. The minimum absolute atomic E-state index is 0.633. The lowest BCUT2D eigenvalue weighted by Gasteiger charge is -2.13. The van der Waals surface area contributed by atoms with Crippen molar-refractivity contribution in [3.8, 4) is 22.5 Å². The number of hydrogen-bond donors (Lipinski definition) is 1. The molecule has 4 aromatic rings. The maximum atomic E-state index is 6.17. The van der Waals surface area contributed by atoms with Gasteiger partial charge in [-0.25, -0.2) is 9.50 Å². The molecule has 0 saturated carbocycles. The molecule has 0 fully saturated rings. The zero-order valence-electron chi connectivity index (χ0n) is 15.2. The molecule has 0 saturated heterocycles. The summed E-state index contributed by atoms with van der Waals surface area (Å²) in [5, 5.41) is 8.78. The number of fused-ring (bicyclic) bond motifs is 1. The second-order valence-corrected chi connectivity index (χ2v) is 7.09. The molecule has 0 bridgehead atoms. The van der Waals surface area contributed by atoms with E-state index in [1.165, 1.54) is 0 Å². The molecule has 138 valence electrons. The highest BCUT2D eigenvalue weighted by molar-refractivity contribution is 6.30. The molecular weight excluding hydrogens is 372 g/mol. The summed E-state index contributed by atoms with van der Waals surface area (Å²) in [5.41, 5.74) is 5.63. The van der Waals surface area contributed by atoms with Crippen molar-refractivity contribution in [2.24, 2.45) is 4.99 Å². The zero-order valence-corrected chi connectivity index (χ0v) is 16.0. The Labute approximate surface area is 166 Å². The number of aromatic nitrogens is 4. The van der Waals surface area contributed by atoms with E-state index < -0.39 is 0 Å². The molecule has 0 aliphatic carbocycles. The summed E-state index contributed by atoms with van der Waals surface area (Å²) in [7, 11) is 0. The lowest BCUT2D eigenvalue weighted by atomic mass is 10.0. The standard InChI is InChI=1S/C21H17ClN6/c1-13-10-17(15-5-3-7-23-12-15)18(20-24-8-9-25-20)21-26-19(27-28(13)21)14-4-2-6-16(22)11-14/h2-7,10-12H,8-9H2,1H3,(H,24,25). The first-order valence-electron chi connectivity index (χ1n) is 9.06. The lowest BCUT2D eigenvalue weighted by molar-refractivity contribution is 0.916. The molecule has 1 aliphatic rings. The van der Waals surface area contributed by atoms with Crippen molar-refractivity contribution < 1.29 is 0 Å². The first-order chi connectivity index (χ1) is 13.7. The number of rotatable bonds is 3. The third-order valence-corrected chi connectivity index (χ3v) is 4.99. The van der Waals surface area contributed by atoms with E-state index in [1.54, 1.807) is 6.20 Å². The van der Waals surface area contributed by atoms with Crippen molar-refractivity contribution in [2.75, 3.05) is 13.1 Å². The maximum absolute atomic E-state index is 6.17. The van der Waals surface area contributed by atoms with Gasteiger partial charge in [0.1, 0.15) is 5.84 Å². The van der Waals surface area contributed by atoms with Crippen molar-refractivity contribution in [3.05, 3.63) is 71.1 Å². The largest absolute Gasteiger partial charge is 0.368 e. The van der Waals surface area contributed by atoms with Gasteiger partial charge in [-0.05, 0) is 36.8 Å². The topological polar surface area (TPSA) is 67.5 Å². The van der Waals surface area contributed by atoms with Crippen LogP contribution in [0.5, 0.6) is 0 Å². The van der Waals surface area contributed by atoms with E-state index >= 15 is 0 Å².